The normalized spacial score (nSPS) is 10.7. The first-order valence-electron chi connectivity index (χ1n) is 9.17. The molecule has 0 saturated carbocycles. The van der Waals surface area contributed by atoms with Crippen LogP contribution in [0.15, 0.2) is 66.9 Å². The molecule has 1 amide bonds. The van der Waals surface area contributed by atoms with Crippen molar-refractivity contribution in [3.8, 4) is 22.8 Å². The number of nitrogens with one attached hydrogen (secondary N) is 1. The van der Waals surface area contributed by atoms with E-state index in [0.29, 0.717) is 22.8 Å². The smallest absolute Gasteiger partial charge is 0.256 e. The van der Waals surface area contributed by atoms with Crippen LogP contribution in [-0.4, -0.2) is 29.5 Å². The third-order valence-electron chi connectivity index (χ3n) is 4.69. The molecule has 0 spiro atoms. The number of aryl methyl sites for hydroxylation is 1. The second-order valence-electron chi connectivity index (χ2n) is 6.66. The molecule has 2 aromatic heterocycles. The fourth-order valence-corrected chi connectivity index (χ4v) is 3.16. The molecular weight excluding hydrogens is 366 g/mol. The Morgan fingerprint density at radius 1 is 0.966 bits per heavy atom. The number of benzene rings is 2. The molecule has 0 radical (unpaired) electrons. The maximum atomic E-state index is 13.0. The summed E-state index contributed by atoms with van der Waals surface area (Å²) in [6, 6.07) is 18.6. The van der Waals surface area contributed by atoms with Crippen LogP contribution >= 0.6 is 0 Å². The highest BCUT2D eigenvalue weighted by Crippen LogP contribution is 2.31. The van der Waals surface area contributed by atoms with Crippen molar-refractivity contribution in [3.05, 3.63) is 78.0 Å². The number of fused-ring (bicyclic) bond motifs is 1. The van der Waals surface area contributed by atoms with Crippen LogP contribution in [0.2, 0.25) is 0 Å². The summed E-state index contributed by atoms with van der Waals surface area (Å²) in [5.74, 6) is 1.76. The number of methoxy groups -OCH3 is 2. The Morgan fingerprint density at radius 3 is 2.45 bits per heavy atom. The second-order valence-corrected chi connectivity index (χ2v) is 6.66. The zero-order chi connectivity index (χ0) is 20.4. The third-order valence-corrected chi connectivity index (χ3v) is 4.69. The van der Waals surface area contributed by atoms with E-state index in [-0.39, 0.29) is 5.91 Å². The van der Waals surface area contributed by atoms with Crippen molar-refractivity contribution in [2.24, 2.45) is 0 Å². The van der Waals surface area contributed by atoms with Crippen LogP contribution < -0.4 is 14.8 Å². The van der Waals surface area contributed by atoms with Crippen LogP contribution in [0.5, 0.6) is 11.5 Å². The minimum Gasteiger partial charge on any atom is -0.497 e. The van der Waals surface area contributed by atoms with E-state index in [4.69, 9.17) is 14.5 Å². The van der Waals surface area contributed by atoms with Crippen molar-refractivity contribution < 1.29 is 14.3 Å². The number of hydrogen-bond acceptors (Lipinski definition) is 4. The SMILES string of the molecule is COc1ccc(-c2nc3ccc(C)cn3c2NC(=O)c2cccc(OC)c2)cc1. The zero-order valence-corrected chi connectivity index (χ0v) is 16.5. The second kappa shape index (κ2) is 7.67. The lowest BCUT2D eigenvalue weighted by molar-refractivity contribution is 0.102. The number of imidazole rings is 1. The number of carbonyl (C=O) groups excluding carboxylic acids is 1. The van der Waals surface area contributed by atoms with Crippen LogP contribution in [0.4, 0.5) is 5.82 Å². The molecule has 0 fully saturated rings. The molecule has 4 rings (SSSR count). The van der Waals surface area contributed by atoms with Crippen LogP contribution in [0, 0.1) is 6.92 Å². The highest BCUT2D eigenvalue weighted by Gasteiger charge is 2.18. The summed E-state index contributed by atoms with van der Waals surface area (Å²) in [5, 5.41) is 3.03. The molecule has 1 N–H and O–H groups in total. The minimum absolute atomic E-state index is 0.234. The predicted octanol–water partition coefficient (Wildman–Crippen LogP) is 4.58. The molecule has 0 aliphatic rings. The number of hydrogen-bond donors (Lipinski definition) is 1. The van der Waals surface area contributed by atoms with Gasteiger partial charge in [0.1, 0.15) is 28.7 Å². The molecule has 0 aliphatic carbocycles. The van der Waals surface area contributed by atoms with Crippen LogP contribution in [-0.2, 0) is 0 Å². The van der Waals surface area contributed by atoms with Gasteiger partial charge in [0.15, 0.2) is 0 Å². The number of aromatic nitrogens is 2. The average Bonchev–Trinajstić information content (AvgIpc) is 3.11. The first-order chi connectivity index (χ1) is 14.1. The molecule has 0 bridgehead atoms. The number of nitrogens with zero attached hydrogens (tertiary/aromatic N) is 2. The van der Waals surface area contributed by atoms with Crippen molar-refractivity contribution in [1.29, 1.82) is 0 Å². The lowest BCUT2D eigenvalue weighted by Crippen LogP contribution is -2.14. The molecule has 0 aliphatic heterocycles. The van der Waals surface area contributed by atoms with Crippen molar-refractivity contribution in [3.63, 3.8) is 0 Å². The van der Waals surface area contributed by atoms with Crippen LogP contribution in [0.3, 0.4) is 0 Å². The quantitative estimate of drug-likeness (QED) is 0.544. The van der Waals surface area contributed by atoms with Gasteiger partial charge in [0.25, 0.3) is 5.91 Å². The van der Waals surface area contributed by atoms with E-state index in [2.05, 4.69) is 5.32 Å². The fourth-order valence-electron chi connectivity index (χ4n) is 3.16. The van der Waals surface area contributed by atoms with Gasteiger partial charge in [0.2, 0.25) is 0 Å². The number of anilines is 1. The Kier molecular flexibility index (Phi) is 4.91. The third kappa shape index (κ3) is 3.65. The topological polar surface area (TPSA) is 64.9 Å². The minimum atomic E-state index is -0.234. The van der Waals surface area contributed by atoms with E-state index >= 15 is 0 Å². The van der Waals surface area contributed by atoms with Crippen molar-refractivity contribution >= 4 is 17.4 Å². The van der Waals surface area contributed by atoms with E-state index in [1.165, 1.54) is 0 Å². The maximum absolute atomic E-state index is 13.0. The van der Waals surface area contributed by atoms with E-state index in [1.807, 2.05) is 53.9 Å². The zero-order valence-electron chi connectivity index (χ0n) is 16.5. The van der Waals surface area contributed by atoms with Gasteiger partial charge >= 0.3 is 0 Å². The molecule has 6 nitrogen and oxygen atoms in total. The summed E-state index contributed by atoms with van der Waals surface area (Å²) in [6.45, 7) is 2.00. The van der Waals surface area contributed by atoms with E-state index in [0.717, 1.165) is 22.5 Å². The number of amides is 1. The monoisotopic (exact) mass is 387 g/mol. The maximum Gasteiger partial charge on any atom is 0.256 e. The Morgan fingerprint density at radius 2 is 1.72 bits per heavy atom. The Labute approximate surface area is 168 Å². The number of pyridine rings is 1. The van der Waals surface area contributed by atoms with Gasteiger partial charge in [-0.3, -0.25) is 9.20 Å². The van der Waals surface area contributed by atoms with Crippen molar-refractivity contribution in [2.75, 3.05) is 19.5 Å². The van der Waals surface area contributed by atoms with Gasteiger partial charge in [0, 0.05) is 17.3 Å². The van der Waals surface area contributed by atoms with Gasteiger partial charge < -0.3 is 14.8 Å². The lowest BCUT2D eigenvalue weighted by Gasteiger charge is -2.09. The fraction of sp³-hybridized carbons (Fsp3) is 0.130. The summed E-state index contributed by atoms with van der Waals surface area (Å²) >= 11 is 0. The molecule has 29 heavy (non-hydrogen) atoms. The van der Waals surface area contributed by atoms with Gasteiger partial charge in [-0.25, -0.2) is 4.98 Å². The lowest BCUT2D eigenvalue weighted by atomic mass is 10.1. The standard InChI is InChI=1S/C23H21N3O3/c1-15-7-12-20-24-21(16-8-10-18(28-2)11-9-16)22(26(20)14-15)25-23(27)17-5-4-6-19(13-17)29-3/h4-14H,1-3H3,(H,25,27). The molecule has 146 valence electrons. The van der Waals surface area contributed by atoms with E-state index < -0.39 is 0 Å². The Bertz CT molecular complexity index is 1180. The van der Waals surface area contributed by atoms with Crippen molar-refractivity contribution in [2.45, 2.75) is 6.92 Å². The van der Waals surface area contributed by atoms with Gasteiger partial charge in [-0.15, -0.1) is 0 Å². The molecule has 2 aromatic carbocycles. The first kappa shape index (κ1) is 18.6. The Balaban J connectivity index is 1.80. The largest absolute Gasteiger partial charge is 0.497 e. The van der Waals surface area contributed by atoms with Crippen LogP contribution in [0.1, 0.15) is 15.9 Å². The van der Waals surface area contributed by atoms with Crippen LogP contribution in [0.25, 0.3) is 16.9 Å². The summed E-state index contributed by atoms with van der Waals surface area (Å²) in [6.07, 6.45) is 1.95. The summed E-state index contributed by atoms with van der Waals surface area (Å²) in [5.41, 5.74) is 3.89. The predicted molar refractivity (Wildman–Crippen MR) is 113 cm³/mol. The number of rotatable bonds is 5. The summed E-state index contributed by atoms with van der Waals surface area (Å²) in [7, 11) is 3.20. The molecule has 0 saturated heterocycles. The highest BCUT2D eigenvalue weighted by molar-refractivity contribution is 6.06. The van der Waals surface area contributed by atoms with Gasteiger partial charge in [-0.05, 0) is 61.0 Å². The van der Waals surface area contributed by atoms with Gasteiger partial charge in [-0.2, -0.15) is 0 Å². The first-order valence-corrected chi connectivity index (χ1v) is 9.17. The number of carbonyl (C=O) groups is 1. The van der Waals surface area contributed by atoms with E-state index in [1.54, 1.807) is 38.5 Å². The van der Waals surface area contributed by atoms with Gasteiger partial charge in [-0.1, -0.05) is 12.1 Å². The number of ether oxygens (including phenoxy) is 2. The average molecular weight is 387 g/mol. The molecule has 2 heterocycles. The molecule has 4 aromatic rings. The molecule has 6 heteroatoms. The van der Waals surface area contributed by atoms with Crippen molar-refractivity contribution in [1.82, 2.24) is 9.38 Å². The molecule has 0 unspecified atom stereocenters. The Hall–Kier alpha value is -3.80. The van der Waals surface area contributed by atoms with E-state index in [9.17, 15) is 4.79 Å². The highest BCUT2D eigenvalue weighted by atomic mass is 16.5. The summed E-state index contributed by atoms with van der Waals surface area (Å²) in [4.78, 5) is 17.7. The van der Waals surface area contributed by atoms with Gasteiger partial charge in [0.05, 0.1) is 14.2 Å². The summed E-state index contributed by atoms with van der Waals surface area (Å²) < 4.78 is 12.4. The molecular formula is C23H21N3O3. The molecule has 0 atom stereocenters.